The molecule has 31 heavy (non-hydrogen) atoms. The summed E-state index contributed by atoms with van der Waals surface area (Å²) in [6.45, 7) is 7.52. The Kier molecular flexibility index (Phi) is 6.65. The summed E-state index contributed by atoms with van der Waals surface area (Å²) in [4.78, 5) is 12.6. The molecule has 6 nitrogen and oxygen atoms in total. The Morgan fingerprint density at radius 2 is 1.48 bits per heavy atom. The number of amides is 1. The lowest BCUT2D eigenvalue weighted by Gasteiger charge is -2.17. The van der Waals surface area contributed by atoms with Gasteiger partial charge < -0.3 is 10.1 Å². The van der Waals surface area contributed by atoms with Crippen molar-refractivity contribution in [2.24, 2.45) is 0 Å². The summed E-state index contributed by atoms with van der Waals surface area (Å²) >= 11 is 0. The summed E-state index contributed by atoms with van der Waals surface area (Å²) in [7, 11) is -3.72. The van der Waals surface area contributed by atoms with E-state index in [-0.39, 0.29) is 10.8 Å². The molecule has 0 fully saturated rings. The number of ether oxygens (including phenoxy) is 1. The second-order valence-corrected chi connectivity index (χ2v) is 9.13. The molecular formula is C24H26N2O4S. The molecule has 0 saturated carbocycles. The molecule has 1 atom stereocenters. The first-order valence-corrected chi connectivity index (χ1v) is 11.4. The molecule has 7 heteroatoms. The van der Waals surface area contributed by atoms with Gasteiger partial charge in [-0.05, 0) is 81.3 Å². The number of carbonyl (C=O) groups excluding carboxylic acids is 1. The van der Waals surface area contributed by atoms with Crippen molar-refractivity contribution in [1.82, 2.24) is 0 Å². The van der Waals surface area contributed by atoms with Gasteiger partial charge in [0.2, 0.25) is 0 Å². The molecule has 0 aliphatic carbocycles. The van der Waals surface area contributed by atoms with Gasteiger partial charge in [-0.25, -0.2) is 8.42 Å². The number of carbonyl (C=O) groups is 1. The van der Waals surface area contributed by atoms with Gasteiger partial charge in [-0.15, -0.1) is 0 Å². The van der Waals surface area contributed by atoms with Gasteiger partial charge in [0.05, 0.1) is 4.90 Å². The molecule has 3 rings (SSSR count). The third-order valence-corrected chi connectivity index (χ3v) is 6.36. The summed E-state index contributed by atoms with van der Waals surface area (Å²) in [5.41, 5.74) is 4.08. The first kappa shape index (κ1) is 22.4. The van der Waals surface area contributed by atoms with E-state index < -0.39 is 16.1 Å². The number of nitrogens with one attached hydrogen (secondary N) is 2. The van der Waals surface area contributed by atoms with Crippen molar-refractivity contribution in [3.63, 3.8) is 0 Å². The fourth-order valence-electron chi connectivity index (χ4n) is 2.89. The van der Waals surface area contributed by atoms with Crippen molar-refractivity contribution in [3.05, 3.63) is 83.4 Å². The van der Waals surface area contributed by atoms with Gasteiger partial charge in [-0.3, -0.25) is 9.52 Å². The number of hydrogen-bond donors (Lipinski definition) is 2. The molecule has 0 spiro atoms. The van der Waals surface area contributed by atoms with Crippen LogP contribution in [0.5, 0.6) is 5.75 Å². The van der Waals surface area contributed by atoms with E-state index >= 15 is 0 Å². The number of hydrogen-bond acceptors (Lipinski definition) is 4. The van der Waals surface area contributed by atoms with Crippen LogP contribution in [0.3, 0.4) is 0 Å². The standard InChI is InChI=1S/C24H26N2O4S/c1-16-8-10-21(11-9-16)26-31(28,29)22-14-12-20(13-15-22)25-24(27)19(4)30-23-7-5-6-17(2)18(23)3/h5-15,19,26H,1-4H3,(H,25,27). The van der Waals surface area contributed by atoms with Crippen molar-refractivity contribution in [1.29, 1.82) is 0 Å². The second-order valence-electron chi connectivity index (χ2n) is 7.44. The van der Waals surface area contributed by atoms with E-state index in [1.54, 1.807) is 31.2 Å². The number of sulfonamides is 1. The second kappa shape index (κ2) is 9.22. The molecule has 1 amide bonds. The molecule has 0 aliphatic heterocycles. The quantitative estimate of drug-likeness (QED) is 0.554. The summed E-state index contributed by atoms with van der Waals surface area (Å²) in [5, 5.41) is 2.75. The van der Waals surface area contributed by atoms with Crippen LogP contribution in [0.15, 0.2) is 71.6 Å². The lowest BCUT2D eigenvalue weighted by atomic mass is 10.1. The average Bonchev–Trinajstić information content (AvgIpc) is 2.73. The summed E-state index contributed by atoms with van der Waals surface area (Å²) in [5.74, 6) is 0.334. The van der Waals surface area contributed by atoms with E-state index in [1.165, 1.54) is 12.1 Å². The highest BCUT2D eigenvalue weighted by atomic mass is 32.2. The smallest absolute Gasteiger partial charge is 0.265 e. The highest BCUT2D eigenvalue weighted by Gasteiger charge is 2.18. The summed E-state index contributed by atoms with van der Waals surface area (Å²) < 4.78 is 33.5. The fraction of sp³-hybridized carbons (Fsp3) is 0.208. The Hall–Kier alpha value is -3.32. The summed E-state index contributed by atoms with van der Waals surface area (Å²) in [6.07, 6.45) is -0.716. The molecule has 162 valence electrons. The average molecular weight is 439 g/mol. The Morgan fingerprint density at radius 3 is 2.13 bits per heavy atom. The van der Waals surface area contributed by atoms with E-state index in [4.69, 9.17) is 4.74 Å². The normalized spacial score (nSPS) is 12.1. The molecule has 0 aliphatic rings. The highest BCUT2D eigenvalue weighted by molar-refractivity contribution is 7.92. The lowest BCUT2D eigenvalue weighted by Crippen LogP contribution is -2.30. The maximum Gasteiger partial charge on any atom is 0.265 e. The highest BCUT2D eigenvalue weighted by Crippen LogP contribution is 2.23. The molecular weight excluding hydrogens is 412 g/mol. The minimum absolute atomic E-state index is 0.103. The van der Waals surface area contributed by atoms with Crippen molar-refractivity contribution in [2.75, 3.05) is 10.0 Å². The monoisotopic (exact) mass is 438 g/mol. The number of benzene rings is 3. The minimum Gasteiger partial charge on any atom is -0.481 e. The maximum atomic E-state index is 12.6. The van der Waals surface area contributed by atoms with Gasteiger partial charge >= 0.3 is 0 Å². The molecule has 0 heterocycles. The van der Waals surface area contributed by atoms with Gasteiger partial charge in [0.25, 0.3) is 15.9 Å². The lowest BCUT2D eigenvalue weighted by molar-refractivity contribution is -0.122. The van der Waals surface area contributed by atoms with Crippen molar-refractivity contribution < 1.29 is 17.9 Å². The molecule has 2 N–H and O–H groups in total. The molecule has 0 saturated heterocycles. The van der Waals surface area contributed by atoms with E-state index in [9.17, 15) is 13.2 Å². The largest absolute Gasteiger partial charge is 0.481 e. The van der Waals surface area contributed by atoms with Crippen LogP contribution in [-0.4, -0.2) is 20.4 Å². The van der Waals surface area contributed by atoms with Gasteiger partial charge in [-0.2, -0.15) is 0 Å². The first-order valence-electron chi connectivity index (χ1n) is 9.89. The Bertz CT molecular complexity index is 1170. The first-order chi connectivity index (χ1) is 14.7. The van der Waals surface area contributed by atoms with E-state index in [0.717, 1.165) is 16.7 Å². The fourth-order valence-corrected chi connectivity index (χ4v) is 3.95. The van der Waals surface area contributed by atoms with Crippen LogP contribution in [0.4, 0.5) is 11.4 Å². The van der Waals surface area contributed by atoms with Crippen LogP contribution in [-0.2, 0) is 14.8 Å². The molecule has 3 aromatic rings. The van der Waals surface area contributed by atoms with Crippen LogP contribution in [0.2, 0.25) is 0 Å². The minimum atomic E-state index is -3.72. The van der Waals surface area contributed by atoms with Crippen LogP contribution in [0.25, 0.3) is 0 Å². The van der Waals surface area contributed by atoms with Gasteiger partial charge in [0.15, 0.2) is 6.10 Å². The topological polar surface area (TPSA) is 84.5 Å². The molecule has 0 radical (unpaired) electrons. The molecule has 0 aromatic heterocycles. The van der Waals surface area contributed by atoms with Crippen LogP contribution >= 0.6 is 0 Å². The SMILES string of the molecule is Cc1ccc(NS(=O)(=O)c2ccc(NC(=O)C(C)Oc3cccc(C)c3C)cc2)cc1. The zero-order chi connectivity index (χ0) is 22.6. The van der Waals surface area contributed by atoms with Crippen LogP contribution in [0.1, 0.15) is 23.6 Å². The van der Waals surface area contributed by atoms with Crippen LogP contribution in [0, 0.1) is 20.8 Å². The molecule has 1 unspecified atom stereocenters. The third kappa shape index (κ3) is 5.64. The zero-order valence-electron chi connectivity index (χ0n) is 18.0. The van der Waals surface area contributed by atoms with E-state index in [2.05, 4.69) is 10.0 Å². The Labute approximate surface area is 183 Å². The van der Waals surface area contributed by atoms with E-state index in [1.807, 2.05) is 51.1 Å². The number of aryl methyl sites for hydroxylation is 2. The van der Waals surface area contributed by atoms with Crippen molar-refractivity contribution in [2.45, 2.75) is 38.7 Å². The predicted molar refractivity (Wildman–Crippen MR) is 123 cm³/mol. The number of anilines is 2. The Balaban J connectivity index is 1.64. The molecule has 0 bridgehead atoms. The van der Waals surface area contributed by atoms with Gasteiger partial charge in [-0.1, -0.05) is 29.8 Å². The Morgan fingerprint density at radius 1 is 0.871 bits per heavy atom. The molecule has 3 aromatic carbocycles. The van der Waals surface area contributed by atoms with Crippen LogP contribution < -0.4 is 14.8 Å². The van der Waals surface area contributed by atoms with Crippen molar-refractivity contribution in [3.8, 4) is 5.75 Å². The van der Waals surface area contributed by atoms with Crippen molar-refractivity contribution >= 4 is 27.3 Å². The van der Waals surface area contributed by atoms with Gasteiger partial charge in [0, 0.05) is 11.4 Å². The predicted octanol–water partition coefficient (Wildman–Crippen LogP) is 4.82. The van der Waals surface area contributed by atoms with E-state index in [0.29, 0.717) is 17.1 Å². The maximum absolute atomic E-state index is 12.6. The third-order valence-electron chi connectivity index (χ3n) is 4.96. The van der Waals surface area contributed by atoms with Gasteiger partial charge in [0.1, 0.15) is 5.75 Å². The summed E-state index contributed by atoms with van der Waals surface area (Å²) in [6, 6.07) is 18.8. The number of rotatable bonds is 7. The zero-order valence-corrected chi connectivity index (χ0v) is 18.8.